The minimum absolute atomic E-state index is 0.444. The van der Waals surface area contributed by atoms with Gasteiger partial charge in [0.05, 0.1) is 6.07 Å². The van der Waals surface area contributed by atoms with Crippen LogP contribution in [0.1, 0.15) is 13.8 Å². The Bertz CT molecular complexity index is 219. The summed E-state index contributed by atoms with van der Waals surface area (Å²) in [5.74, 6) is -1.38. The third-order valence-electron chi connectivity index (χ3n) is 1.16. The number of imide groups is 1. The molecule has 0 aromatic heterocycles. The van der Waals surface area contributed by atoms with Gasteiger partial charge in [-0.15, -0.1) is 0 Å². The molecule has 0 rings (SSSR count). The van der Waals surface area contributed by atoms with E-state index in [1.165, 1.54) is 6.92 Å². The molecule has 0 heterocycles. The van der Waals surface area contributed by atoms with Gasteiger partial charge < -0.3 is 5.32 Å². The van der Waals surface area contributed by atoms with Gasteiger partial charge in [-0.25, -0.2) is 4.79 Å². The highest BCUT2D eigenvalue weighted by molar-refractivity contribution is 5.96. The average Bonchev–Trinajstić information content (AvgIpc) is 2.03. The Morgan fingerprint density at radius 3 is 2.58 bits per heavy atom. The van der Waals surface area contributed by atoms with Crippen LogP contribution >= 0.6 is 0 Å². The lowest BCUT2D eigenvalue weighted by molar-refractivity contribution is -0.121. The molecule has 5 nitrogen and oxygen atoms in total. The number of hydrogen-bond donors (Lipinski definition) is 2. The number of nitrogens with one attached hydrogen (secondary N) is 2. The largest absolute Gasteiger partial charge is 0.338 e. The zero-order valence-electron chi connectivity index (χ0n) is 7.05. The van der Waals surface area contributed by atoms with E-state index < -0.39 is 17.9 Å². The lowest BCUT2D eigenvalue weighted by Crippen LogP contribution is -2.41. The van der Waals surface area contributed by atoms with E-state index in [1.54, 1.807) is 13.0 Å². The molecule has 12 heavy (non-hydrogen) atoms. The summed E-state index contributed by atoms with van der Waals surface area (Å²) in [6, 6.07) is 1.15. The number of amides is 3. The van der Waals surface area contributed by atoms with Gasteiger partial charge in [0.15, 0.2) is 0 Å². The maximum atomic E-state index is 10.9. The van der Waals surface area contributed by atoms with Crippen LogP contribution in [0.4, 0.5) is 4.79 Å². The Hall–Kier alpha value is -1.57. The van der Waals surface area contributed by atoms with E-state index in [0.29, 0.717) is 6.54 Å². The van der Waals surface area contributed by atoms with Crippen molar-refractivity contribution in [2.75, 3.05) is 6.54 Å². The van der Waals surface area contributed by atoms with Crippen molar-refractivity contribution in [3.8, 4) is 6.07 Å². The molecule has 5 heteroatoms. The van der Waals surface area contributed by atoms with Crippen molar-refractivity contribution in [2.45, 2.75) is 13.8 Å². The Morgan fingerprint density at radius 1 is 1.58 bits per heavy atom. The maximum absolute atomic E-state index is 10.9. The van der Waals surface area contributed by atoms with E-state index in [1.807, 2.05) is 5.32 Å². The molecule has 66 valence electrons. The molecule has 0 aromatic carbocycles. The van der Waals surface area contributed by atoms with E-state index in [9.17, 15) is 9.59 Å². The van der Waals surface area contributed by atoms with Gasteiger partial charge in [-0.05, 0) is 13.8 Å². The molecule has 0 fully saturated rings. The number of rotatable bonds is 2. The number of nitriles is 1. The maximum Gasteiger partial charge on any atom is 0.321 e. The van der Waals surface area contributed by atoms with Crippen molar-refractivity contribution in [3.05, 3.63) is 0 Å². The fourth-order valence-corrected chi connectivity index (χ4v) is 0.484. The van der Waals surface area contributed by atoms with E-state index >= 15 is 0 Å². The van der Waals surface area contributed by atoms with Crippen LogP contribution in [0.2, 0.25) is 0 Å². The number of carbonyl (C=O) groups excluding carboxylic acids is 2. The van der Waals surface area contributed by atoms with Crippen molar-refractivity contribution in [1.82, 2.24) is 10.6 Å². The second-order valence-electron chi connectivity index (χ2n) is 2.20. The summed E-state index contributed by atoms with van der Waals surface area (Å²) < 4.78 is 0. The van der Waals surface area contributed by atoms with Crippen LogP contribution in [0.15, 0.2) is 0 Å². The van der Waals surface area contributed by atoms with Gasteiger partial charge in [-0.2, -0.15) is 5.26 Å². The topological polar surface area (TPSA) is 82.0 Å². The van der Waals surface area contributed by atoms with E-state index in [4.69, 9.17) is 5.26 Å². The third kappa shape index (κ3) is 3.56. The molecule has 0 aliphatic carbocycles. The van der Waals surface area contributed by atoms with Crippen LogP contribution in [0.5, 0.6) is 0 Å². The fourth-order valence-electron chi connectivity index (χ4n) is 0.484. The second-order valence-corrected chi connectivity index (χ2v) is 2.20. The Kier molecular flexibility index (Phi) is 4.46. The number of nitrogens with zero attached hydrogens (tertiary/aromatic N) is 1. The van der Waals surface area contributed by atoms with Crippen molar-refractivity contribution in [2.24, 2.45) is 5.92 Å². The molecular formula is C7H11N3O2. The van der Waals surface area contributed by atoms with E-state index in [0.717, 1.165) is 0 Å². The molecule has 0 radical (unpaired) electrons. The average molecular weight is 169 g/mol. The van der Waals surface area contributed by atoms with Crippen molar-refractivity contribution in [3.63, 3.8) is 0 Å². The van der Waals surface area contributed by atoms with Crippen LogP contribution in [0, 0.1) is 17.2 Å². The predicted octanol–water partition coefficient (Wildman–Crippen LogP) is -0.00822. The highest BCUT2D eigenvalue weighted by atomic mass is 16.2. The highest BCUT2D eigenvalue weighted by Gasteiger charge is 2.13. The standard InChI is InChI=1S/C7H11N3O2/c1-3-9-7(12)10-6(11)5(2)4-8/h5H,3H2,1-2H3,(H2,9,10,11,12). The summed E-state index contributed by atoms with van der Waals surface area (Å²) >= 11 is 0. The Balaban J connectivity index is 3.86. The minimum Gasteiger partial charge on any atom is -0.338 e. The van der Waals surface area contributed by atoms with Gasteiger partial charge >= 0.3 is 6.03 Å². The van der Waals surface area contributed by atoms with Gasteiger partial charge in [0.1, 0.15) is 5.92 Å². The van der Waals surface area contributed by atoms with Gasteiger partial charge in [0.25, 0.3) is 0 Å². The molecule has 2 N–H and O–H groups in total. The third-order valence-corrected chi connectivity index (χ3v) is 1.16. The smallest absolute Gasteiger partial charge is 0.321 e. The highest BCUT2D eigenvalue weighted by Crippen LogP contribution is 1.89. The van der Waals surface area contributed by atoms with Crippen LogP contribution in [0.3, 0.4) is 0 Å². The molecule has 0 aromatic rings. The van der Waals surface area contributed by atoms with E-state index in [-0.39, 0.29) is 0 Å². The van der Waals surface area contributed by atoms with Crippen LogP contribution < -0.4 is 10.6 Å². The molecular weight excluding hydrogens is 158 g/mol. The quantitative estimate of drug-likeness (QED) is 0.610. The first-order valence-corrected chi connectivity index (χ1v) is 3.60. The van der Waals surface area contributed by atoms with Gasteiger partial charge in [0, 0.05) is 6.54 Å². The summed E-state index contributed by atoms with van der Waals surface area (Å²) in [6.45, 7) is 3.60. The molecule has 0 saturated heterocycles. The zero-order valence-corrected chi connectivity index (χ0v) is 7.05. The monoisotopic (exact) mass is 169 g/mol. The first-order chi connectivity index (χ1) is 5.61. The Morgan fingerprint density at radius 2 is 2.17 bits per heavy atom. The summed E-state index contributed by atoms with van der Waals surface area (Å²) in [6.07, 6.45) is 0. The van der Waals surface area contributed by atoms with Crippen molar-refractivity contribution < 1.29 is 9.59 Å². The van der Waals surface area contributed by atoms with Gasteiger partial charge in [-0.1, -0.05) is 0 Å². The first kappa shape index (κ1) is 10.4. The normalized spacial score (nSPS) is 11.1. The first-order valence-electron chi connectivity index (χ1n) is 3.60. The molecule has 3 amide bonds. The number of hydrogen-bond acceptors (Lipinski definition) is 3. The lowest BCUT2D eigenvalue weighted by atomic mass is 10.2. The Labute approximate surface area is 70.7 Å². The van der Waals surface area contributed by atoms with Gasteiger partial charge in [-0.3, -0.25) is 10.1 Å². The summed E-state index contributed by atoms with van der Waals surface area (Å²) in [5.41, 5.74) is 0. The second kappa shape index (κ2) is 5.13. The van der Waals surface area contributed by atoms with Gasteiger partial charge in [0.2, 0.25) is 5.91 Å². The molecule has 0 saturated carbocycles. The summed E-state index contributed by atoms with van der Waals surface area (Å²) in [5, 5.41) is 12.7. The predicted molar refractivity (Wildman–Crippen MR) is 42.0 cm³/mol. The number of carbonyl (C=O) groups is 2. The zero-order chi connectivity index (χ0) is 9.56. The van der Waals surface area contributed by atoms with Crippen LogP contribution in [-0.2, 0) is 4.79 Å². The summed E-state index contributed by atoms with van der Waals surface area (Å²) in [7, 11) is 0. The van der Waals surface area contributed by atoms with Crippen LogP contribution in [-0.4, -0.2) is 18.5 Å². The fraction of sp³-hybridized carbons (Fsp3) is 0.571. The van der Waals surface area contributed by atoms with Crippen molar-refractivity contribution >= 4 is 11.9 Å². The molecule has 1 atom stereocenters. The molecule has 0 aliphatic heterocycles. The molecule has 0 bridgehead atoms. The van der Waals surface area contributed by atoms with E-state index in [2.05, 4.69) is 5.32 Å². The van der Waals surface area contributed by atoms with Crippen molar-refractivity contribution in [1.29, 1.82) is 5.26 Å². The molecule has 0 aliphatic rings. The number of urea groups is 1. The molecule has 1 unspecified atom stereocenters. The van der Waals surface area contributed by atoms with Crippen LogP contribution in [0.25, 0.3) is 0 Å². The summed E-state index contributed by atoms with van der Waals surface area (Å²) in [4.78, 5) is 21.6. The lowest BCUT2D eigenvalue weighted by Gasteiger charge is -2.04. The SMILES string of the molecule is CCNC(=O)NC(=O)C(C)C#N. The molecule has 0 spiro atoms. The minimum atomic E-state index is -0.799.